The number of likely N-dealkylation sites (N-methyl/N-ethyl adjacent to an activating group) is 1. The van der Waals surface area contributed by atoms with E-state index in [-0.39, 0.29) is 37.3 Å². The highest BCUT2D eigenvalue weighted by molar-refractivity contribution is 5.91. The maximum Gasteiger partial charge on any atom is 0.416 e. The van der Waals surface area contributed by atoms with Crippen LogP contribution in [0.3, 0.4) is 0 Å². The lowest BCUT2D eigenvalue weighted by molar-refractivity contribution is -0.137. The van der Waals surface area contributed by atoms with Gasteiger partial charge in [-0.1, -0.05) is 19.1 Å². The molecule has 0 saturated carbocycles. The molecule has 0 fully saturated rings. The number of rotatable bonds is 9. The maximum absolute atomic E-state index is 13.4. The maximum atomic E-state index is 13.4. The Morgan fingerprint density at radius 2 is 1.98 bits per heavy atom. The smallest absolute Gasteiger partial charge is 0.416 e. The van der Waals surface area contributed by atoms with Gasteiger partial charge in [-0.25, -0.2) is 4.68 Å². The lowest BCUT2D eigenvalue weighted by Crippen LogP contribution is -2.47. The summed E-state index contributed by atoms with van der Waals surface area (Å²) in [6.07, 6.45) is -3.48. The van der Waals surface area contributed by atoms with E-state index in [9.17, 15) is 27.9 Å². The molecule has 14 heteroatoms. The summed E-state index contributed by atoms with van der Waals surface area (Å²) in [4.78, 5) is 29.5. The number of benzene rings is 2. The summed E-state index contributed by atoms with van der Waals surface area (Å²) in [7, 11) is 1.85. The molecule has 42 heavy (non-hydrogen) atoms. The second kappa shape index (κ2) is 13.3. The van der Waals surface area contributed by atoms with Crippen LogP contribution in [0.1, 0.15) is 30.5 Å². The summed E-state index contributed by atoms with van der Waals surface area (Å²) >= 11 is 0. The monoisotopic (exact) mass is 589 g/mol. The van der Waals surface area contributed by atoms with E-state index in [0.29, 0.717) is 36.6 Å². The molecule has 0 bridgehead atoms. The van der Waals surface area contributed by atoms with Crippen LogP contribution in [0.2, 0.25) is 0 Å². The van der Waals surface area contributed by atoms with E-state index >= 15 is 0 Å². The molecule has 0 aliphatic carbocycles. The van der Waals surface area contributed by atoms with Gasteiger partial charge < -0.3 is 20.1 Å². The quantitative estimate of drug-likeness (QED) is 0.390. The molecule has 0 spiro atoms. The van der Waals surface area contributed by atoms with Crippen molar-refractivity contribution in [3.05, 3.63) is 65.5 Å². The largest absolute Gasteiger partial charge is 0.488 e. The first-order valence-electron chi connectivity index (χ1n) is 13.5. The van der Waals surface area contributed by atoms with Gasteiger partial charge in [0, 0.05) is 36.8 Å². The van der Waals surface area contributed by atoms with Gasteiger partial charge in [0.15, 0.2) is 0 Å². The Morgan fingerprint density at radius 3 is 2.62 bits per heavy atom. The zero-order chi connectivity index (χ0) is 30.4. The molecule has 3 atom stereocenters. The van der Waals surface area contributed by atoms with Gasteiger partial charge in [-0.15, -0.1) is 5.10 Å². The summed E-state index contributed by atoms with van der Waals surface area (Å²) in [6, 6.07) is 9.70. The van der Waals surface area contributed by atoms with E-state index < -0.39 is 23.9 Å². The molecule has 0 radical (unpaired) electrons. The summed E-state index contributed by atoms with van der Waals surface area (Å²) in [5, 5.41) is 23.3. The van der Waals surface area contributed by atoms with Gasteiger partial charge >= 0.3 is 6.18 Å². The number of carbonyl (C=O) groups is 2. The van der Waals surface area contributed by atoms with E-state index in [4.69, 9.17) is 4.74 Å². The van der Waals surface area contributed by atoms with E-state index in [1.807, 2.05) is 18.9 Å². The minimum Gasteiger partial charge on any atom is -0.488 e. The van der Waals surface area contributed by atoms with Crippen molar-refractivity contribution in [2.45, 2.75) is 51.7 Å². The van der Waals surface area contributed by atoms with E-state index in [1.54, 1.807) is 30.0 Å². The Morgan fingerprint density at radius 1 is 1.24 bits per heavy atom. The SMILES string of the molecule is C[C@@H]1CN([C@H](C)CO)C(=O)Cc2cc(NC(=O)Cn3cnnn3)ccc2O[C@H]1CN(C)Cc1ccc(C(F)(F)F)cc1. The molecule has 2 heterocycles. The van der Waals surface area contributed by atoms with Crippen LogP contribution in [-0.4, -0.2) is 85.8 Å². The van der Waals surface area contributed by atoms with Gasteiger partial charge in [0.1, 0.15) is 24.7 Å². The molecular weight excluding hydrogens is 555 g/mol. The van der Waals surface area contributed by atoms with Crippen LogP contribution in [0.25, 0.3) is 0 Å². The lowest BCUT2D eigenvalue weighted by Gasteiger charge is -2.34. The molecule has 2 aromatic carbocycles. The van der Waals surface area contributed by atoms with Gasteiger partial charge in [0.2, 0.25) is 11.8 Å². The zero-order valence-corrected chi connectivity index (χ0v) is 23.6. The third-order valence-corrected chi connectivity index (χ3v) is 7.12. The fourth-order valence-corrected chi connectivity index (χ4v) is 4.81. The van der Waals surface area contributed by atoms with Crippen LogP contribution >= 0.6 is 0 Å². The van der Waals surface area contributed by atoms with Crippen molar-refractivity contribution in [2.24, 2.45) is 5.92 Å². The van der Waals surface area contributed by atoms with Gasteiger partial charge in [-0.05, 0) is 60.3 Å². The minimum atomic E-state index is -4.40. The standard InChI is InChI=1S/C28H34F3N7O4/c1-18-12-38(19(2)16-39)27(41)11-21-10-23(33-26(40)15-37-17-32-34-35-37)8-9-24(21)42-25(18)14-36(3)13-20-4-6-22(7-5-20)28(29,30)31/h4-10,17-19,25,39H,11-16H2,1-3H3,(H,33,40)/t18-,19-,25+/m1/s1. The number of hydrogen-bond acceptors (Lipinski definition) is 8. The highest BCUT2D eigenvalue weighted by Gasteiger charge is 2.32. The topological polar surface area (TPSA) is 126 Å². The van der Waals surface area contributed by atoms with Crippen molar-refractivity contribution in [1.29, 1.82) is 0 Å². The number of alkyl halides is 3. The Balaban J connectivity index is 1.54. The average molecular weight is 590 g/mol. The average Bonchev–Trinajstić information content (AvgIpc) is 3.45. The normalized spacial score (nSPS) is 18.5. The molecule has 11 nitrogen and oxygen atoms in total. The number of aromatic nitrogens is 4. The molecular formula is C28H34F3N7O4. The zero-order valence-electron chi connectivity index (χ0n) is 23.6. The molecule has 1 aliphatic rings. The van der Waals surface area contributed by atoms with Crippen LogP contribution in [0, 0.1) is 5.92 Å². The van der Waals surface area contributed by atoms with Crippen molar-refractivity contribution >= 4 is 17.5 Å². The molecule has 0 unspecified atom stereocenters. The second-order valence-electron chi connectivity index (χ2n) is 10.7. The molecule has 226 valence electrons. The number of tetrazole rings is 1. The fourth-order valence-electron chi connectivity index (χ4n) is 4.81. The van der Waals surface area contributed by atoms with Gasteiger partial charge in [0.25, 0.3) is 0 Å². The first-order chi connectivity index (χ1) is 19.9. The summed E-state index contributed by atoms with van der Waals surface area (Å²) < 4.78 is 46.7. The highest BCUT2D eigenvalue weighted by atomic mass is 19.4. The second-order valence-corrected chi connectivity index (χ2v) is 10.7. The Labute approximate surface area is 241 Å². The molecule has 3 aromatic rings. The van der Waals surface area contributed by atoms with Gasteiger partial charge in [-0.3, -0.25) is 14.5 Å². The Bertz CT molecular complexity index is 1350. The van der Waals surface area contributed by atoms with Crippen LogP contribution in [0.15, 0.2) is 48.8 Å². The van der Waals surface area contributed by atoms with Crippen LogP contribution in [0.5, 0.6) is 5.75 Å². The fraction of sp³-hybridized carbons (Fsp3) is 0.464. The molecule has 2 amide bonds. The Hall–Kier alpha value is -4.04. The van der Waals surface area contributed by atoms with Crippen LogP contribution < -0.4 is 10.1 Å². The molecule has 1 aliphatic heterocycles. The third-order valence-electron chi connectivity index (χ3n) is 7.12. The summed E-state index contributed by atoms with van der Waals surface area (Å²) in [5.41, 5.74) is 1.05. The number of hydrogen-bond donors (Lipinski definition) is 2. The lowest BCUT2D eigenvalue weighted by atomic mass is 10.0. The van der Waals surface area contributed by atoms with E-state index in [2.05, 4.69) is 20.8 Å². The minimum absolute atomic E-state index is 0.00276. The molecule has 1 aromatic heterocycles. The molecule has 2 N–H and O–H groups in total. The number of carbonyl (C=O) groups excluding carboxylic acids is 2. The van der Waals surface area contributed by atoms with Crippen LogP contribution in [0.4, 0.5) is 18.9 Å². The first kappa shape index (κ1) is 30.9. The van der Waals surface area contributed by atoms with E-state index in [0.717, 1.165) is 17.7 Å². The van der Waals surface area contributed by atoms with Crippen molar-refractivity contribution < 1.29 is 32.6 Å². The predicted molar refractivity (Wildman–Crippen MR) is 146 cm³/mol. The predicted octanol–water partition coefficient (Wildman–Crippen LogP) is 2.61. The van der Waals surface area contributed by atoms with Crippen molar-refractivity contribution in [3.63, 3.8) is 0 Å². The van der Waals surface area contributed by atoms with Crippen molar-refractivity contribution in [1.82, 2.24) is 30.0 Å². The number of aliphatic hydroxyl groups is 1. The van der Waals surface area contributed by atoms with Crippen LogP contribution in [-0.2, 0) is 35.3 Å². The highest BCUT2D eigenvalue weighted by Crippen LogP contribution is 2.31. The number of nitrogens with one attached hydrogen (secondary N) is 1. The first-order valence-corrected chi connectivity index (χ1v) is 13.5. The number of anilines is 1. The number of halogens is 3. The summed E-state index contributed by atoms with van der Waals surface area (Å²) in [5.74, 6) is -0.214. The number of amides is 2. The van der Waals surface area contributed by atoms with E-state index in [1.165, 1.54) is 23.1 Å². The van der Waals surface area contributed by atoms with Gasteiger partial charge in [0.05, 0.1) is 24.6 Å². The number of fused-ring (bicyclic) bond motifs is 1. The Kier molecular flexibility index (Phi) is 9.78. The number of ether oxygens (including phenoxy) is 1. The number of aliphatic hydroxyl groups excluding tert-OH is 1. The van der Waals surface area contributed by atoms with Crippen molar-refractivity contribution in [2.75, 3.05) is 32.1 Å². The van der Waals surface area contributed by atoms with Crippen molar-refractivity contribution in [3.8, 4) is 5.75 Å². The molecule has 0 saturated heterocycles. The number of nitrogens with zero attached hydrogens (tertiary/aromatic N) is 6. The molecule has 4 rings (SSSR count). The summed E-state index contributed by atoms with van der Waals surface area (Å²) in [6.45, 7) is 4.57. The third kappa shape index (κ3) is 8.03. The van der Waals surface area contributed by atoms with Gasteiger partial charge in [-0.2, -0.15) is 13.2 Å².